The minimum absolute atomic E-state index is 0.0180. The van der Waals surface area contributed by atoms with E-state index >= 15 is 0 Å². The van der Waals surface area contributed by atoms with Gasteiger partial charge in [0.05, 0.1) is 0 Å². The summed E-state index contributed by atoms with van der Waals surface area (Å²) < 4.78 is 0. The Hall–Kier alpha value is -4.68. The van der Waals surface area contributed by atoms with E-state index in [0.29, 0.717) is 0 Å². The molecule has 184 valence electrons. The molecule has 0 aromatic heterocycles. The second-order valence-electron chi connectivity index (χ2n) is 11.4. The molecule has 7 aromatic carbocycles. The maximum atomic E-state index is 2.41. The van der Waals surface area contributed by atoms with Crippen LogP contribution >= 0.6 is 0 Å². The molecule has 0 heterocycles. The van der Waals surface area contributed by atoms with Crippen molar-refractivity contribution < 1.29 is 0 Å². The lowest BCUT2D eigenvalue weighted by atomic mass is 9.82. The van der Waals surface area contributed by atoms with E-state index in [0.717, 1.165) is 0 Å². The van der Waals surface area contributed by atoms with Crippen molar-refractivity contribution in [3.63, 3.8) is 0 Å². The Morgan fingerprint density at radius 2 is 0.795 bits per heavy atom. The third-order valence-corrected chi connectivity index (χ3v) is 8.82. The van der Waals surface area contributed by atoms with E-state index in [1.165, 1.54) is 76.8 Å². The second-order valence-corrected chi connectivity index (χ2v) is 11.4. The summed E-state index contributed by atoms with van der Waals surface area (Å²) in [5.41, 5.74) is 10.4. The number of hydrogen-bond acceptors (Lipinski definition) is 0. The Morgan fingerprint density at radius 1 is 0.333 bits per heavy atom. The fourth-order valence-electron chi connectivity index (χ4n) is 6.85. The fourth-order valence-corrected chi connectivity index (χ4v) is 6.85. The fraction of sp³-hybridized carbons (Fsp3) is 0.0769. The molecule has 7 aromatic rings. The van der Waals surface area contributed by atoms with Gasteiger partial charge in [-0.05, 0) is 95.0 Å². The van der Waals surface area contributed by atoms with Crippen LogP contribution in [0.25, 0.3) is 65.7 Å². The van der Waals surface area contributed by atoms with Gasteiger partial charge in [-0.2, -0.15) is 0 Å². The second kappa shape index (κ2) is 8.16. The van der Waals surface area contributed by atoms with Crippen molar-refractivity contribution in [1.29, 1.82) is 0 Å². The third kappa shape index (κ3) is 3.25. The first-order valence-corrected chi connectivity index (χ1v) is 13.8. The molecule has 0 radical (unpaired) electrons. The van der Waals surface area contributed by atoms with Crippen molar-refractivity contribution in [1.82, 2.24) is 0 Å². The summed E-state index contributed by atoms with van der Waals surface area (Å²) in [5.74, 6) is 0. The van der Waals surface area contributed by atoms with Gasteiger partial charge in [0.1, 0.15) is 0 Å². The predicted octanol–water partition coefficient (Wildman–Crippen LogP) is 10.8. The van der Waals surface area contributed by atoms with Crippen molar-refractivity contribution in [3.05, 3.63) is 145 Å². The van der Waals surface area contributed by atoms with E-state index in [9.17, 15) is 0 Å². The topological polar surface area (TPSA) is 0 Å². The van der Waals surface area contributed by atoms with Gasteiger partial charge >= 0.3 is 0 Å². The number of fused-ring (bicyclic) bond motifs is 3. The van der Waals surface area contributed by atoms with Crippen molar-refractivity contribution in [2.75, 3.05) is 0 Å². The van der Waals surface area contributed by atoms with Crippen LogP contribution in [-0.2, 0) is 5.41 Å². The zero-order valence-corrected chi connectivity index (χ0v) is 22.2. The molecule has 0 nitrogen and oxygen atoms in total. The zero-order chi connectivity index (χ0) is 26.1. The monoisotopic (exact) mass is 496 g/mol. The Morgan fingerprint density at radius 3 is 1.38 bits per heavy atom. The first-order chi connectivity index (χ1) is 19.1. The molecule has 0 bridgehead atoms. The normalized spacial score (nSPS) is 13.6. The van der Waals surface area contributed by atoms with E-state index in [4.69, 9.17) is 0 Å². The highest BCUT2D eigenvalue weighted by atomic mass is 14.4. The average molecular weight is 497 g/mol. The average Bonchev–Trinajstić information content (AvgIpc) is 3.24. The van der Waals surface area contributed by atoms with Gasteiger partial charge in [0.25, 0.3) is 0 Å². The first kappa shape index (κ1) is 22.3. The lowest BCUT2D eigenvalue weighted by Crippen LogP contribution is -2.14. The lowest BCUT2D eigenvalue weighted by Gasteiger charge is -2.21. The van der Waals surface area contributed by atoms with Crippen molar-refractivity contribution in [2.24, 2.45) is 0 Å². The van der Waals surface area contributed by atoms with Gasteiger partial charge in [0.2, 0.25) is 0 Å². The standard InChI is InChI=1S/C39H28/c1-39(2)35-18-8-16-32-31-21-20-30(24-34(31)33-17-9-19-36(39)38(33)37(32)35)29-15-7-14-28(23-29)27-13-6-12-26(22-27)25-10-4-3-5-11-25/h3-24H,1-2H3. The van der Waals surface area contributed by atoms with E-state index in [1.54, 1.807) is 0 Å². The van der Waals surface area contributed by atoms with Gasteiger partial charge in [-0.25, -0.2) is 0 Å². The lowest BCUT2D eigenvalue weighted by molar-refractivity contribution is 0.663. The Bertz CT molecular complexity index is 2080. The first-order valence-electron chi connectivity index (χ1n) is 13.8. The van der Waals surface area contributed by atoms with Gasteiger partial charge in [-0.1, -0.05) is 129 Å². The van der Waals surface area contributed by atoms with Gasteiger partial charge in [-0.3, -0.25) is 0 Å². The molecule has 0 unspecified atom stereocenters. The van der Waals surface area contributed by atoms with Crippen LogP contribution in [0.4, 0.5) is 0 Å². The van der Waals surface area contributed by atoms with Gasteiger partial charge in [-0.15, -0.1) is 0 Å². The molecule has 1 aliphatic carbocycles. The molecule has 0 N–H and O–H groups in total. The van der Waals surface area contributed by atoms with Crippen LogP contribution in [0, 0.1) is 0 Å². The Balaban J connectivity index is 1.31. The van der Waals surface area contributed by atoms with Crippen LogP contribution < -0.4 is 0 Å². The minimum atomic E-state index is 0.0180. The summed E-state index contributed by atoms with van der Waals surface area (Å²) >= 11 is 0. The maximum absolute atomic E-state index is 2.41. The van der Waals surface area contributed by atoms with Gasteiger partial charge in [0, 0.05) is 5.41 Å². The molecule has 39 heavy (non-hydrogen) atoms. The van der Waals surface area contributed by atoms with Crippen molar-refractivity contribution in [2.45, 2.75) is 19.3 Å². The highest BCUT2D eigenvalue weighted by Gasteiger charge is 2.34. The number of benzene rings is 7. The van der Waals surface area contributed by atoms with Crippen molar-refractivity contribution in [3.8, 4) is 33.4 Å². The maximum Gasteiger partial charge on any atom is 0.0159 e. The van der Waals surface area contributed by atoms with E-state index in [-0.39, 0.29) is 5.41 Å². The van der Waals surface area contributed by atoms with Crippen LogP contribution in [-0.4, -0.2) is 0 Å². The summed E-state index contributed by atoms with van der Waals surface area (Å²) in [4.78, 5) is 0. The summed E-state index contributed by atoms with van der Waals surface area (Å²) in [6.07, 6.45) is 0. The molecule has 8 rings (SSSR count). The SMILES string of the molecule is CC1(C)c2cccc3c4ccc(-c5cccc(-c6cccc(-c7ccccc7)c6)c5)cc4c4cccc1c4c23. The van der Waals surface area contributed by atoms with Crippen LogP contribution in [0.1, 0.15) is 25.0 Å². The Kier molecular flexibility index (Phi) is 4.67. The minimum Gasteiger partial charge on any atom is -0.0622 e. The zero-order valence-electron chi connectivity index (χ0n) is 22.2. The summed E-state index contributed by atoms with van der Waals surface area (Å²) in [5, 5.41) is 8.28. The molecule has 0 atom stereocenters. The summed E-state index contributed by atoms with van der Waals surface area (Å²) in [6.45, 7) is 4.73. The Labute approximate surface area is 229 Å². The summed E-state index contributed by atoms with van der Waals surface area (Å²) in [7, 11) is 0. The van der Waals surface area contributed by atoms with E-state index in [1.807, 2.05) is 0 Å². The highest BCUT2D eigenvalue weighted by molar-refractivity contribution is 6.29. The highest BCUT2D eigenvalue weighted by Crippen LogP contribution is 2.51. The molecular formula is C39H28. The molecular weight excluding hydrogens is 468 g/mol. The van der Waals surface area contributed by atoms with E-state index < -0.39 is 0 Å². The molecule has 0 saturated carbocycles. The smallest absolute Gasteiger partial charge is 0.0159 e. The molecule has 0 amide bonds. The summed E-state index contributed by atoms with van der Waals surface area (Å²) in [6, 6.07) is 49.2. The van der Waals surface area contributed by atoms with Crippen LogP contribution in [0.15, 0.2) is 133 Å². The molecule has 1 aliphatic rings. The van der Waals surface area contributed by atoms with Crippen LogP contribution in [0.2, 0.25) is 0 Å². The molecule has 0 spiro atoms. The number of rotatable bonds is 3. The molecule has 0 saturated heterocycles. The number of hydrogen-bond donors (Lipinski definition) is 0. The quantitative estimate of drug-likeness (QED) is 0.213. The van der Waals surface area contributed by atoms with Crippen molar-refractivity contribution >= 4 is 32.3 Å². The third-order valence-electron chi connectivity index (χ3n) is 8.82. The van der Waals surface area contributed by atoms with Crippen LogP contribution in [0.5, 0.6) is 0 Å². The van der Waals surface area contributed by atoms with Gasteiger partial charge in [0.15, 0.2) is 0 Å². The molecule has 0 fully saturated rings. The largest absolute Gasteiger partial charge is 0.0622 e. The molecule has 0 aliphatic heterocycles. The van der Waals surface area contributed by atoms with Gasteiger partial charge < -0.3 is 0 Å². The predicted molar refractivity (Wildman–Crippen MR) is 167 cm³/mol. The van der Waals surface area contributed by atoms with E-state index in [2.05, 4.69) is 147 Å². The van der Waals surface area contributed by atoms with Crippen LogP contribution in [0.3, 0.4) is 0 Å². The molecule has 0 heteroatoms.